The summed E-state index contributed by atoms with van der Waals surface area (Å²) >= 11 is 0. The SMILES string of the molecule is CC1(COc2ccccc2O)CCC1. The first-order valence-electron chi connectivity index (χ1n) is 5.10. The van der Waals surface area contributed by atoms with Crippen LogP contribution in [0.15, 0.2) is 24.3 Å². The van der Waals surface area contributed by atoms with E-state index in [-0.39, 0.29) is 5.75 Å². The fourth-order valence-corrected chi connectivity index (χ4v) is 1.76. The summed E-state index contributed by atoms with van der Waals surface area (Å²) in [5.74, 6) is 0.830. The molecule has 14 heavy (non-hydrogen) atoms. The molecule has 1 N–H and O–H groups in total. The molecule has 1 aliphatic rings. The molecule has 1 aromatic rings. The molecule has 2 nitrogen and oxygen atoms in total. The van der Waals surface area contributed by atoms with Crippen molar-refractivity contribution in [2.24, 2.45) is 5.41 Å². The van der Waals surface area contributed by atoms with E-state index in [1.54, 1.807) is 18.2 Å². The number of rotatable bonds is 3. The van der Waals surface area contributed by atoms with Gasteiger partial charge in [0.25, 0.3) is 0 Å². The summed E-state index contributed by atoms with van der Waals surface area (Å²) in [7, 11) is 0. The van der Waals surface area contributed by atoms with Gasteiger partial charge in [-0.3, -0.25) is 0 Å². The van der Waals surface area contributed by atoms with Crippen molar-refractivity contribution in [3.8, 4) is 11.5 Å². The van der Waals surface area contributed by atoms with Crippen LogP contribution in [0.2, 0.25) is 0 Å². The number of para-hydroxylation sites is 2. The van der Waals surface area contributed by atoms with E-state index in [2.05, 4.69) is 6.92 Å². The number of ether oxygens (including phenoxy) is 1. The van der Waals surface area contributed by atoms with Crippen LogP contribution < -0.4 is 4.74 Å². The lowest BCUT2D eigenvalue weighted by Crippen LogP contribution is -2.32. The van der Waals surface area contributed by atoms with Gasteiger partial charge in [0.2, 0.25) is 0 Å². The van der Waals surface area contributed by atoms with Crippen LogP contribution in [0.3, 0.4) is 0 Å². The Balaban J connectivity index is 1.95. The van der Waals surface area contributed by atoms with E-state index in [0.717, 1.165) is 0 Å². The fourth-order valence-electron chi connectivity index (χ4n) is 1.76. The van der Waals surface area contributed by atoms with Gasteiger partial charge < -0.3 is 9.84 Å². The molecule has 0 heterocycles. The van der Waals surface area contributed by atoms with E-state index in [9.17, 15) is 5.11 Å². The Hall–Kier alpha value is -1.18. The minimum Gasteiger partial charge on any atom is -0.504 e. The van der Waals surface area contributed by atoms with Gasteiger partial charge in [0.05, 0.1) is 6.61 Å². The lowest BCUT2D eigenvalue weighted by atomic mass is 9.71. The number of aromatic hydroxyl groups is 1. The number of hydrogen-bond donors (Lipinski definition) is 1. The normalized spacial score (nSPS) is 18.6. The highest BCUT2D eigenvalue weighted by Gasteiger charge is 2.32. The summed E-state index contributed by atoms with van der Waals surface area (Å²) in [5, 5.41) is 9.47. The zero-order valence-corrected chi connectivity index (χ0v) is 8.49. The third kappa shape index (κ3) is 1.84. The molecule has 0 aromatic heterocycles. The van der Waals surface area contributed by atoms with Crippen molar-refractivity contribution in [2.75, 3.05) is 6.61 Å². The first kappa shape index (κ1) is 9.38. The molecule has 2 heteroatoms. The van der Waals surface area contributed by atoms with Crippen LogP contribution >= 0.6 is 0 Å². The molecule has 1 fully saturated rings. The lowest BCUT2D eigenvalue weighted by Gasteiger charge is -2.37. The largest absolute Gasteiger partial charge is 0.504 e. The van der Waals surface area contributed by atoms with Crippen molar-refractivity contribution in [3.05, 3.63) is 24.3 Å². The van der Waals surface area contributed by atoms with Gasteiger partial charge in [-0.15, -0.1) is 0 Å². The summed E-state index contributed by atoms with van der Waals surface area (Å²) in [6.45, 7) is 2.95. The summed E-state index contributed by atoms with van der Waals surface area (Å²) < 4.78 is 5.59. The van der Waals surface area contributed by atoms with Crippen LogP contribution in [-0.4, -0.2) is 11.7 Å². The molecule has 0 unspecified atom stereocenters. The molecule has 1 aromatic carbocycles. The monoisotopic (exact) mass is 192 g/mol. The van der Waals surface area contributed by atoms with Crippen LogP contribution in [-0.2, 0) is 0 Å². The molecule has 1 aliphatic carbocycles. The highest BCUT2D eigenvalue weighted by molar-refractivity contribution is 5.37. The van der Waals surface area contributed by atoms with Gasteiger partial charge in [0.15, 0.2) is 11.5 Å². The fraction of sp³-hybridized carbons (Fsp3) is 0.500. The van der Waals surface area contributed by atoms with Crippen molar-refractivity contribution in [3.63, 3.8) is 0 Å². The third-order valence-corrected chi connectivity index (χ3v) is 3.00. The lowest BCUT2D eigenvalue weighted by molar-refractivity contribution is 0.0760. The second-order valence-electron chi connectivity index (χ2n) is 4.42. The van der Waals surface area contributed by atoms with Crippen LogP contribution in [0.4, 0.5) is 0 Å². The van der Waals surface area contributed by atoms with Gasteiger partial charge in [0, 0.05) is 5.41 Å². The molecular formula is C12H16O2. The molecule has 0 bridgehead atoms. The van der Waals surface area contributed by atoms with Crippen LogP contribution in [0.25, 0.3) is 0 Å². The first-order valence-corrected chi connectivity index (χ1v) is 5.10. The number of hydrogen-bond acceptors (Lipinski definition) is 2. The molecule has 0 radical (unpaired) electrons. The maximum Gasteiger partial charge on any atom is 0.160 e. The van der Waals surface area contributed by atoms with Gasteiger partial charge in [-0.2, -0.15) is 0 Å². The van der Waals surface area contributed by atoms with Gasteiger partial charge >= 0.3 is 0 Å². The van der Waals surface area contributed by atoms with E-state index in [1.165, 1.54) is 19.3 Å². The predicted octanol–water partition coefficient (Wildman–Crippen LogP) is 2.96. The Labute approximate surface area is 84.5 Å². The van der Waals surface area contributed by atoms with Crippen molar-refractivity contribution in [2.45, 2.75) is 26.2 Å². The predicted molar refractivity (Wildman–Crippen MR) is 55.6 cm³/mol. The van der Waals surface area contributed by atoms with Gasteiger partial charge in [-0.25, -0.2) is 0 Å². The molecule has 0 amide bonds. The van der Waals surface area contributed by atoms with Crippen LogP contribution in [0.5, 0.6) is 11.5 Å². The summed E-state index contributed by atoms with van der Waals surface area (Å²) in [4.78, 5) is 0. The molecule has 1 saturated carbocycles. The van der Waals surface area contributed by atoms with Gasteiger partial charge in [-0.1, -0.05) is 25.5 Å². The third-order valence-electron chi connectivity index (χ3n) is 3.00. The summed E-state index contributed by atoms with van der Waals surface area (Å²) in [5.41, 5.74) is 0.336. The molecule has 0 atom stereocenters. The number of phenols is 1. The van der Waals surface area contributed by atoms with Gasteiger partial charge in [0.1, 0.15) is 0 Å². The number of benzene rings is 1. The standard InChI is InChI=1S/C12H16O2/c1-12(7-4-8-12)9-14-11-6-3-2-5-10(11)13/h2-3,5-6,13H,4,7-9H2,1H3. The second-order valence-corrected chi connectivity index (χ2v) is 4.42. The molecule has 2 rings (SSSR count). The topological polar surface area (TPSA) is 29.5 Å². The quantitative estimate of drug-likeness (QED) is 0.797. The summed E-state index contributed by atoms with van der Waals surface area (Å²) in [6.07, 6.45) is 3.78. The number of phenolic OH excluding ortho intramolecular Hbond substituents is 1. The highest BCUT2D eigenvalue weighted by atomic mass is 16.5. The Morgan fingerprint density at radius 1 is 1.36 bits per heavy atom. The van der Waals surface area contributed by atoms with E-state index in [0.29, 0.717) is 17.8 Å². The second kappa shape index (κ2) is 3.52. The summed E-state index contributed by atoms with van der Waals surface area (Å²) in [6, 6.07) is 7.13. The zero-order valence-electron chi connectivity index (χ0n) is 8.49. The van der Waals surface area contributed by atoms with Crippen LogP contribution in [0.1, 0.15) is 26.2 Å². The molecule has 0 aliphatic heterocycles. The smallest absolute Gasteiger partial charge is 0.160 e. The van der Waals surface area contributed by atoms with Crippen molar-refractivity contribution in [1.29, 1.82) is 0 Å². The van der Waals surface area contributed by atoms with Crippen LogP contribution in [0, 0.1) is 5.41 Å². The maximum atomic E-state index is 9.47. The first-order chi connectivity index (χ1) is 6.70. The molecule has 76 valence electrons. The zero-order chi connectivity index (χ0) is 10.0. The van der Waals surface area contributed by atoms with E-state index < -0.39 is 0 Å². The van der Waals surface area contributed by atoms with E-state index in [1.807, 2.05) is 6.07 Å². The Bertz CT molecular complexity index is 316. The van der Waals surface area contributed by atoms with Gasteiger partial charge in [-0.05, 0) is 25.0 Å². The van der Waals surface area contributed by atoms with Crippen molar-refractivity contribution in [1.82, 2.24) is 0 Å². The Morgan fingerprint density at radius 3 is 2.64 bits per heavy atom. The van der Waals surface area contributed by atoms with E-state index >= 15 is 0 Å². The van der Waals surface area contributed by atoms with E-state index in [4.69, 9.17) is 4.74 Å². The Morgan fingerprint density at radius 2 is 2.07 bits per heavy atom. The Kier molecular flexibility index (Phi) is 2.36. The molecular weight excluding hydrogens is 176 g/mol. The molecule has 0 spiro atoms. The minimum absolute atomic E-state index is 0.232. The molecule has 0 saturated heterocycles. The average molecular weight is 192 g/mol. The maximum absolute atomic E-state index is 9.47. The van der Waals surface area contributed by atoms with Crippen molar-refractivity contribution >= 4 is 0 Å². The average Bonchev–Trinajstić information content (AvgIpc) is 2.14. The highest BCUT2D eigenvalue weighted by Crippen LogP contribution is 2.41. The minimum atomic E-state index is 0.232. The van der Waals surface area contributed by atoms with Crippen molar-refractivity contribution < 1.29 is 9.84 Å².